The van der Waals surface area contributed by atoms with Gasteiger partial charge in [-0.2, -0.15) is 0 Å². The molecule has 0 amide bonds. The summed E-state index contributed by atoms with van der Waals surface area (Å²) in [5, 5.41) is 1.29. The van der Waals surface area contributed by atoms with Gasteiger partial charge in [-0.25, -0.2) is 0 Å². The van der Waals surface area contributed by atoms with Crippen molar-refractivity contribution in [2.24, 2.45) is 0 Å². The van der Waals surface area contributed by atoms with E-state index in [9.17, 15) is 0 Å². The van der Waals surface area contributed by atoms with Gasteiger partial charge in [-0.1, -0.05) is 0 Å². The Morgan fingerprint density at radius 2 is 2.62 bits per heavy atom. The number of hydrogen-bond donors (Lipinski definition) is 0. The van der Waals surface area contributed by atoms with E-state index in [0.717, 1.165) is 6.42 Å². The van der Waals surface area contributed by atoms with Crippen LogP contribution in [0.3, 0.4) is 0 Å². The minimum atomic E-state index is 0.682. The van der Waals surface area contributed by atoms with Gasteiger partial charge in [-0.15, -0.1) is 0 Å². The molecule has 0 bridgehead atoms. The number of aryl methyl sites for hydroxylation is 1. The first-order valence-electron chi connectivity index (χ1n) is 2.74. The van der Waals surface area contributed by atoms with Crippen LogP contribution in [0.15, 0.2) is 6.20 Å². The summed E-state index contributed by atoms with van der Waals surface area (Å²) in [5.41, 5.74) is 0. The van der Waals surface area contributed by atoms with E-state index in [1.807, 2.05) is 17.5 Å². The van der Waals surface area contributed by atoms with Crippen LogP contribution in [0.5, 0.6) is 0 Å². The van der Waals surface area contributed by atoms with Gasteiger partial charge in [0.2, 0.25) is 0 Å². The molecule has 1 rings (SSSR count). The normalized spacial score (nSPS) is 10.1. The molecule has 0 fully saturated rings. The molecule has 0 spiro atoms. The average Bonchev–Trinajstić information content (AvgIpc) is 2.14. The molecule has 3 heteroatoms. The summed E-state index contributed by atoms with van der Waals surface area (Å²) in [7, 11) is 0. The molecular formula is C5H9NSSn. The van der Waals surface area contributed by atoms with Crippen molar-refractivity contribution >= 4 is 36.8 Å². The van der Waals surface area contributed by atoms with Crippen molar-refractivity contribution in [3.8, 4) is 0 Å². The second-order valence-corrected chi connectivity index (χ2v) is 8.18. The summed E-state index contributed by atoms with van der Waals surface area (Å²) in [6, 6.07) is 0. The Morgan fingerprint density at radius 3 is 2.88 bits per heavy atom. The van der Waals surface area contributed by atoms with Crippen molar-refractivity contribution in [3.05, 3.63) is 11.2 Å². The van der Waals surface area contributed by atoms with Crippen LogP contribution in [0.1, 0.15) is 11.9 Å². The molecule has 0 aliphatic heterocycles. The fourth-order valence-electron chi connectivity index (χ4n) is 0.565. The average molecular weight is 234 g/mol. The van der Waals surface area contributed by atoms with E-state index < -0.39 is 0 Å². The van der Waals surface area contributed by atoms with E-state index in [4.69, 9.17) is 0 Å². The maximum atomic E-state index is 4.21. The van der Waals surface area contributed by atoms with Crippen molar-refractivity contribution in [2.75, 3.05) is 0 Å². The summed E-state index contributed by atoms with van der Waals surface area (Å²) in [5.74, 6) is 0. The molecule has 1 aromatic rings. The van der Waals surface area contributed by atoms with Gasteiger partial charge in [0, 0.05) is 0 Å². The molecule has 0 saturated heterocycles. The van der Waals surface area contributed by atoms with Crippen LogP contribution in [-0.2, 0) is 6.42 Å². The second-order valence-electron chi connectivity index (χ2n) is 1.72. The molecule has 0 aliphatic rings. The molecule has 0 atom stereocenters. The molecular weight excluding hydrogens is 225 g/mol. The van der Waals surface area contributed by atoms with Gasteiger partial charge >= 0.3 is 66.3 Å². The van der Waals surface area contributed by atoms with Crippen LogP contribution >= 0.6 is 11.3 Å². The zero-order valence-corrected chi connectivity index (χ0v) is 11.7. The van der Waals surface area contributed by atoms with Crippen LogP contribution in [0, 0.1) is 0 Å². The molecule has 0 radical (unpaired) electrons. The summed E-state index contributed by atoms with van der Waals surface area (Å²) in [6.45, 7) is 2.15. The summed E-state index contributed by atoms with van der Waals surface area (Å²) < 4.78 is 1.52. The van der Waals surface area contributed by atoms with Gasteiger partial charge < -0.3 is 0 Å². The second kappa shape index (κ2) is 2.82. The molecule has 1 aromatic heterocycles. The summed E-state index contributed by atoms with van der Waals surface area (Å²) in [6.07, 6.45) is 3.12. The monoisotopic (exact) mass is 235 g/mol. The van der Waals surface area contributed by atoms with Crippen LogP contribution in [0.4, 0.5) is 0 Å². The van der Waals surface area contributed by atoms with Gasteiger partial charge in [0.05, 0.1) is 0 Å². The zero-order valence-electron chi connectivity index (χ0n) is 5.14. The molecule has 0 unspecified atom stereocenters. The molecule has 8 heavy (non-hydrogen) atoms. The number of aromatic nitrogens is 1. The Bertz CT molecular complexity index is 173. The van der Waals surface area contributed by atoms with Crippen LogP contribution in [0.25, 0.3) is 0 Å². The molecule has 0 saturated carbocycles. The zero-order chi connectivity index (χ0) is 5.98. The first-order chi connectivity index (χ1) is 3.83. The van der Waals surface area contributed by atoms with Crippen LogP contribution < -0.4 is 2.89 Å². The third-order valence-electron chi connectivity index (χ3n) is 0.972. The topological polar surface area (TPSA) is 12.9 Å². The Hall–Kier alpha value is 0.429. The van der Waals surface area contributed by atoms with Gasteiger partial charge in [0.1, 0.15) is 0 Å². The van der Waals surface area contributed by atoms with Gasteiger partial charge in [0.15, 0.2) is 0 Å². The Kier molecular flexibility index (Phi) is 2.31. The number of rotatable bonds is 1. The third-order valence-corrected chi connectivity index (χ3v) is 4.51. The molecule has 44 valence electrons. The Balaban J connectivity index is 2.84. The predicted molar refractivity (Wildman–Crippen MR) is 41.1 cm³/mol. The number of thiazole rings is 1. The van der Waals surface area contributed by atoms with Crippen LogP contribution in [0.2, 0.25) is 0 Å². The number of nitrogens with zero attached hydrogens (tertiary/aromatic N) is 1. The predicted octanol–water partition coefficient (Wildman–Crippen LogP) is -0.304. The number of hydrogen-bond acceptors (Lipinski definition) is 2. The van der Waals surface area contributed by atoms with E-state index in [1.165, 1.54) is 7.90 Å². The quantitative estimate of drug-likeness (QED) is 0.607. The standard InChI is InChI=1S/C5H6NS.Sn.3H/c1-2-5-6-3-4-7-5;;;;/h3H,2H2,1H3;;;;. The van der Waals surface area contributed by atoms with E-state index in [1.54, 1.807) is 0 Å². The van der Waals surface area contributed by atoms with Gasteiger partial charge in [-0.05, 0) is 0 Å². The summed E-state index contributed by atoms with van der Waals surface area (Å²) >= 11 is 2.55. The van der Waals surface area contributed by atoms with Crippen molar-refractivity contribution in [1.82, 2.24) is 4.98 Å². The molecule has 1 heterocycles. The van der Waals surface area contributed by atoms with Crippen molar-refractivity contribution in [1.29, 1.82) is 0 Å². The minimum absolute atomic E-state index is 0.682. The van der Waals surface area contributed by atoms with Gasteiger partial charge in [0.25, 0.3) is 0 Å². The first kappa shape index (κ1) is 6.55. The fraction of sp³-hybridized carbons (Fsp3) is 0.400. The molecule has 0 aliphatic carbocycles. The SMILES string of the molecule is CCc1nc[c]([SnH3])s1. The first-order valence-corrected chi connectivity index (χ1v) is 6.41. The van der Waals surface area contributed by atoms with Crippen molar-refractivity contribution in [2.45, 2.75) is 13.3 Å². The van der Waals surface area contributed by atoms with Gasteiger partial charge in [-0.3, -0.25) is 0 Å². The summed E-state index contributed by atoms with van der Waals surface area (Å²) in [4.78, 5) is 4.21. The van der Waals surface area contributed by atoms with E-state index in [0.29, 0.717) is 22.5 Å². The molecule has 0 aromatic carbocycles. The maximum absolute atomic E-state index is 4.21. The third kappa shape index (κ3) is 1.45. The molecule has 0 N–H and O–H groups in total. The molecule has 1 nitrogen and oxygen atoms in total. The Morgan fingerprint density at radius 1 is 1.88 bits per heavy atom. The fourth-order valence-corrected chi connectivity index (χ4v) is 3.68. The van der Waals surface area contributed by atoms with E-state index in [-0.39, 0.29) is 0 Å². The van der Waals surface area contributed by atoms with Crippen LogP contribution in [-0.4, -0.2) is 27.5 Å². The van der Waals surface area contributed by atoms with Crippen molar-refractivity contribution < 1.29 is 0 Å². The Labute approximate surface area is 66.2 Å². The van der Waals surface area contributed by atoms with Crippen molar-refractivity contribution in [3.63, 3.8) is 0 Å². The van der Waals surface area contributed by atoms with E-state index in [2.05, 4.69) is 11.9 Å². The van der Waals surface area contributed by atoms with E-state index >= 15 is 0 Å².